The molecule has 0 radical (unpaired) electrons. The van der Waals surface area contributed by atoms with Crippen LogP contribution < -0.4 is 9.47 Å². The van der Waals surface area contributed by atoms with Crippen molar-refractivity contribution in [2.75, 3.05) is 0 Å². The Hall–Kier alpha value is -3.04. The molecule has 0 atom stereocenters. The average molecular weight is 382 g/mol. The molecule has 0 fully saturated rings. The first kappa shape index (κ1) is 16.0. The second-order valence-electron chi connectivity index (χ2n) is 7.83. The van der Waals surface area contributed by atoms with E-state index in [2.05, 4.69) is 73.8 Å². The fourth-order valence-corrected chi connectivity index (χ4v) is 5.17. The fourth-order valence-electron chi connectivity index (χ4n) is 4.42. The number of para-hydroxylation sites is 1. The van der Waals surface area contributed by atoms with Crippen LogP contribution >= 0.6 is 11.3 Å². The van der Waals surface area contributed by atoms with Crippen LogP contribution in [0.2, 0.25) is 0 Å². The highest BCUT2D eigenvalue weighted by Crippen LogP contribution is 2.56. The lowest BCUT2D eigenvalue weighted by Gasteiger charge is -2.26. The van der Waals surface area contributed by atoms with Crippen molar-refractivity contribution < 1.29 is 9.47 Å². The number of hydrogen-bond acceptors (Lipinski definition) is 3. The summed E-state index contributed by atoms with van der Waals surface area (Å²) in [5.74, 6) is 3.13. The van der Waals surface area contributed by atoms with Crippen molar-refractivity contribution in [3.05, 3.63) is 83.2 Å². The van der Waals surface area contributed by atoms with Crippen LogP contribution in [-0.2, 0) is 5.41 Å². The summed E-state index contributed by atoms with van der Waals surface area (Å²) in [6.45, 7) is 4.55. The highest BCUT2D eigenvalue weighted by atomic mass is 32.1. The lowest BCUT2D eigenvalue weighted by atomic mass is 9.82. The van der Waals surface area contributed by atoms with Crippen LogP contribution in [0.1, 0.15) is 25.0 Å². The molecule has 0 N–H and O–H groups in total. The van der Waals surface area contributed by atoms with Crippen molar-refractivity contribution in [3.63, 3.8) is 0 Å². The smallest absolute Gasteiger partial charge is 0.178 e. The summed E-state index contributed by atoms with van der Waals surface area (Å²) < 4.78 is 12.7. The van der Waals surface area contributed by atoms with E-state index in [1.165, 1.54) is 27.1 Å². The number of fused-ring (bicyclic) bond motifs is 5. The molecule has 0 saturated carbocycles. The molecular formula is C25H18O2S. The van der Waals surface area contributed by atoms with Crippen molar-refractivity contribution in [2.24, 2.45) is 0 Å². The van der Waals surface area contributed by atoms with Crippen LogP contribution in [0.3, 0.4) is 0 Å². The van der Waals surface area contributed by atoms with E-state index >= 15 is 0 Å². The van der Waals surface area contributed by atoms with E-state index in [1.807, 2.05) is 12.1 Å². The average Bonchev–Trinajstić information content (AvgIpc) is 3.31. The van der Waals surface area contributed by atoms with Crippen molar-refractivity contribution >= 4 is 11.3 Å². The van der Waals surface area contributed by atoms with E-state index in [4.69, 9.17) is 9.47 Å². The highest BCUT2D eigenvalue weighted by molar-refractivity contribution is 7.13. The molecule has 4 aromatic rings. The minimum Gasteiger partial charge on any atom is -0.449 e. The molecule has 2 aliphatic rings. The van der Waals surface area contributed by atoms with Crippen molar-refractivity contribution in [2.45, 2.75) is 19.3 Å². The molecule has 0 amide bonds. The van der Waals surface area contributed by atoms with Gasteiger partial charge in [0.2, 0.25) is 0 Å². The Morgan fingerprint density at radius 1 is 0.679 bits per heavy atom. The maximum atomic E-state index is 6.43. The molecule has 0 spiro atoms. The van der Waals surface area contributed by atoms with Gasteiger partial charge in [-0.25, -0.2) is 0 Å². The molecule has 2 heterocycles. The monoisotopic (exact) mass is 382 g/mol. The van der Waals surface area contributed by atoms with Gasteiger partial charge in [0.05, 0.1) is 0 Å². The maximum absolute atomic E-state index is 6.43. The zero-order valence-electron chi connectivity index (χ0n) is 15.7. The van der Waals surface area contributed by atoms with Gasteiger partial charge in [-0.15, -0.1) is 11.3 Å². The van der Waals surface area contributed by atoms with E-state index in [1.54, 1.807) is 11.3 Å². The van der Waals surface area contributed by atoms with Crippen LogP contribution in [0.5, 0.6) is 23.0 Å². The summed E-state index contributed by atoms with van der Waals surface area (Å²) >= 11 is 1.71. The number of rotatable bonds is 1. The minimum absolute atomic E-state index is 0.0577. The first-order chi connectivity index (χ1) is 13.6. The summed E-state index contributed by atoms with van der Waals surface area (Å²) in [7, 11) is 0. The molecule has 1 aliphatic heterocycles. The molecule has 1 aromatic heterocycles. The Labute approximate surface area is 168 Å². The third-order valence-electron chi connectivity index (χ3n) is 5.85. The normalized spacial score (nSPS) is 14.9. The van der Waals surface area contributed by atoms with Crippen LogP contribution in [0, 0.1) is 0 Å². The van der Waals surface area contributed by atoms with Crippen molar-refractivity contribution in [1.82, 2.24) is 0 Å². The number of ether oxygens (including phenoxy) is 2. The van der Waals surface area contributed by atoms with Crippen molar-refractivity contribution in [1.29, 1.82) is 0 Å². The summed E-state index contributed by atoms with van der Waals surface area (Å²) in [6, 6.07) is 23.2. The lowest BCUT2D eigenvalue weighted by Crippen LogP contribution is -2.15. The molecule has 3 aromatic carbocycles. The molecular weight excluding hydrogens is 364 g/mol. The van der Waals surface area contributed by atoms with Gasteiger partial charge in [0.15, 0.2) is 23.0 Å². The summed E-state index contributed by atoms with van der Waals surface area (Å²) in [5, 5.41) is 2.08. The number of hydrogen-bond donors (Lipinski definition) is 0. The van der Waals surface area contributed by atoms with Crippen molar-refractivity contribution in [3.8, 4) is 44.6 Å². The molecule has 6 rings (SSSR count). The predicted octanol–water partition coefficient (Wildman–Crippen LogP) is 7.62. The summed E-state index contributed by atoms with van der Waals surface area (Å²) in [4.78, 5) is 1.18. The zero-order chi connectivity index (χ0) is 18.9. The minimum atomic E-state index is -0.0577. The first-order valence-corrected chi connectivity index (χ1v) is 10.3. The van der Waals surface area contributed by atoms with Gasteiger partial charge in [-0.2, -0.15) is 0 Å². The lowest BCUT2D eigenvalue weighted by molar-refractivity contribution is 0.360. The molecule has 3 heteroatoms. The first-order valence-electron chi connectivity index (χ1n) is 9.44. The molecule has 28 heavy (non-hydrogen) atoms. The van der Waals surface area contributed by atoms with Crippen LogP contribution in [0.15, 0.2) is 72.1 Å². The van der Waals surface area contributed by atoms with Gasteiger partial charge in [-0.1, -0.05) is 50.2 Å². The molecule has 2 nitrogen and oxygen atoms in total. The largest absolute Gasteiger partial charge is 0.449 e. The van der Waals surface area contributed by atoms with E-state index in [0.717, 1.165) is 28.6 Å². The van der Waals surface area contributed by atoms with Gasteiger partial charge in [0, 0.05) is 15.9 Å². The highest BCUT2D eigenvalue weighted by Gasteiger charge is 2.37. The van der Waals surface area contributed by atoms with Crippen LogP contribution in [-0.4, -0.2) is 0 Å². The van der Waals surface area contributed by atoms with E-state index in [9.17, 15) is 0 Å². The Morgan fingerprint density at radius 3 is 2.36 bits per heavy atom. The number of benzene rings is 3. The quantitative estimate of drug-likeness (QED) is 0.297. The predicted molar refractivity (Wildman–Crippen MR) is 114 cm³/mol. The molecule has 0 unspecified atom stereocenters. The van der Waals surface area contributed by atoms with Crippen LogP contribution in [0.25, 0.3) is 21.6 Å². The maximum Gasteiger partial charge on any atom is 0.178 e. The molecule has 0 saturated heterocycles. The fraction of sp³-hybridized carbons (Fsp3) is 0.120. The second kappa shape index (κ2) is 5.49. The van der Waals surface area contributed by atoms with Gasteiger partial charge in [-0.3, -0.25) is 0 Å². The van der Waals surface area contributed by atoms with Gasteiger partial charge in [-0.05, 0) is 58.0 Å². The molecule has 1 aliphatic carbocycles. The number of thiophene rings is 1. The third kappa shape index (κ3) is 2.08. The van der Waals surface area contributed by atoms with Gasteiger partial charge >= 0.3 is 0 Å². The van der Waals surface area contributed by atoms with Gasteiger partial charge in [0.1, 0.15) is 0 Å². The summed E-state index contributed by atoms with van der Waals surface area (Å²) in [6.07, 6.45) is 0. The standard InChI is InChI=1S/C25H18O2S/c1-25(2)18-9-4-3-7-15(18)17-13-21-22(14-19(17)25)27-24-16(23-11-6-12-28-23)8-5-10-20(24)26-21/h3-14H,1-2H3. The Bertz CT molecular complexity index is 1240. The summed E-state index contributed by atoms with van der Waals surface area (Å²) in [5.41, 5.74) is 6.17. The SMILES string of the molecule is CC1(C)c2ccccc2-c2cc3c(cc21)Oc1c(cccc1-c1cccs1)O3. The third-order valence-corrected chi connectivity index (χ3v) is 6.75. The molecule has 136 valence electrons. The van der Waals surface area contributed by atoms with Crippen LogP contribution in [0.4, 0.5) is 0 Å². The Kier molecular flexibility index (Phi) is 3.13. The molecule has 0 bridgehead atoms. The Morgan fingerprint density at radius 2 is 1.50 bits per heavy atom. The zero-order valence-corrected chi connectivity index (χ0v) is 16.5. The van der Waals surface area contributed by atoms with E-state index in [-0.39, 0.29) is 5.41 Å². The van der Waals surface area contributed by atoms with E-state index in [0.29, 0.717) is 0 Å². The Balaban J connectivity index is 1.53. The van der Waals surface area contributed by atoms with Gasteiger partial charge in [0.25, 0.3) is 0 Å². The second-order valence-corrected chi connectivity index (χ2v) is 8.78. The van der Waals surface area contributed by atoms with Gasteiger partial charge < -0.3 is 9.47 Å². The van der Waals surface area contributed by atoms with E-state index < -0.39 is 0 Å². The topological polar surface area (TPSA) is 18.5 Å².